The highest BCUT2D eigenvalue weighted by Crippen LogP contribution is 2.29. The number of rotatable bonds is 4. The van der Waals surface area contributed by atoms with E-state index < -0.39 is 0 Å². The molecule has 1 aromatic rings. The van der Waals surface area contributed by atoms with Gasteiger partial charge in [0.25, 0.3) is 5.91 Å². The summed E-state index contributed by atoms with van der Waals surface area (Å²) < 4.78 is 0. The summed E-state index contributed by atoms with van der Waals surface area (Å²) in [6.45, 7) is 2.03. The number of thiophene rings is 1. The summed E-state index contributed by atoms with van der Waals surface area (Å²) in [6, 6.07) is 2.15. The third kappa shape index (κ3) is 3.02. The van der Waals surface area contributed by atoms with Crippen LogP contribution in [0.4, 0.5) is 0 Å². The van der Waals surface area contributed by atoms with Crippen LogP contribution in [0.2, 0.25) is 0 Å². The zero-order chi connectivity index (χ0) is 12.3. The van der Waals surface area contributed by atoms with Crippen molar-refractivity contribution in [2.45, 2.75) is 45.1 Å². The minimum atomic E-state index is 0.0388. The van der Waals surface area contributed by atoms with Gasteiger partial charge in [-0.3, -0.25) is 4.79 Å². The molecule has 0 saturated carbocycles. The predicted octanol–water partition coefficient (Wildman–Crippen LogP) is 3.37. The highest BCUT2D eigenvalue weighted by atomic mass is 35.5. The number of aryl methyl sites for hydroxylation is 2. The monoisotopic (exact) mass is 271 g/mol. The first-order valence-electron chi connectivity index (χ1n) is 6.23. The Morgan fingerprint density at radius 3 is 2.94 bits per heavy atom. The van der Waals surface area contributed by atoms with E-state index in [1.807, 2.05) is 6.92 Å². The van der Waals surface area contributed by atoms with Crippen molar-refractivity contribution in [3.8, 4) is 0 Å². The van der Waals surface area contributed by atoms with Gasteiger partial charge in [0, 0.05) is 16.8 Å². The Bertz CT molecular complexity index is 375. The Kier molecular flexibility index (Phi) is 4.46. The van der Waals surface area contributed by atoms with Crippen LogP contribution >= 0.6 is 22.9 Å². The first-order chi connectivity index (χ1) is 8.24. The summed E-state index contributed by atoms with van der Waals surface area (Å²) in [7, 11) is 0. The summed E-state index contributed by atoms with van der Waals surface area (Å²) in [5.74, 6) is 0.518. The maximum Gasteiger partial charge on any atom is 0.261 e. The molecule has 0 spiro atoms. The van der Waals surface area contributed by atoms with Crippen molar-refractivity contribution in [3.05, 3.63) is 21.4 Å². The average Bonchev–Trinajstić information content (AvgIpc) is 2.79. The lowest BCUT2D eigenvalue weighted by Gasteiger charge is -2.12. The number of alkyl halides is 1. The molecule has 4 heteroatoms. The van der Waals surface area contributed by atoms with Crippen molar-refractivity contribution in [2.24, 2.45) is 0 Å². The Hall–Kier alpha value is -0.540. The van der Waals surface area contributed by atoms with Crippen molar-refractivity contribution in [3.63, 3.8) is 0 Å². The second-order valence-electron chi connectivity index (χ2n) is 4.50. The van der Waals surface area contributed by atoms with Gasteiger partial charge in [0.15, 0.2) is 0 Å². The Morgan fingerprint density at radius 2 is 2.29 bits per heavy atom. The van der Waals surface area contributed by atoms with Crippen LogP contribution in [0.25, 0.3) is 0 Å². The molecule has 1 aliphatic carbocycles. The Balaban J connectivity index is 2.06. The molecule has 1 unspecified atom stereocenters. The van der Waals surface area contributed by atoms with E-state index in [1.54, 1.807) is 11.3 Å². The van der Waals surface area contributed by atoms with E-state index in [0.717, 1.165) is 24.1 Å². The average molecular weight is 272 g/mol. The molecule has 1 amide bonds. The van der Waals surface area contributed by atoms with Crippen molar-refractivity contribution < 1.29 is 4.79 Å². The summed E-state index contributed by atoms with van der Waals surface area (Å²) in [5, 5.41) is 2.98. The van der Waals surface area contributed by atoms with Gasteiger partial charge in [-0.15, -0.1) is 22.9 Å². The number of hydrogen-bond acceptors (Lipinski definition) is 2. The quantitative estimate of drug-likeness (QED) is 0.836. The number of carbonyl (C=O) groups excluding carboxylic acids is 1. The van der Waals surface area contributed by atoms with E-state index in [1.165, 1.54) is 23.3 Å². The first-order valence-corrected chi connectivity index (χ1v) is 7.58. The number of nitrogens with one attached hydrogen (secondary N) is 1. The van der Waals surface area contributed by atoms with E-state index in [2.05, 4.69) is 11.4 Å². The highest BCUT2D eigenvalue weighted by Gasteiger charge is 2.18. The number of fused-ring (bicyclic) bond motifs is 1. The smallest absolute Gasteiger partial charge is 0.261 e. The summed E-state index contributed by atoms with van der Waals surface area (Å²) >= 11 is 7.44. The van der Waals surface area contributed by atoms with Crippen LogP contribution in [0.1, 0.15) is 46.3 Å². The highest BCUT2D eigenvalue weighted by molar-refractivity contribution is 7.14. The van der Waals surface area contributed by atoms with Crippen LogP contribution < -0.4 is 5.32 Å². The van der Waals surface area contributed by atoms with Crippen LogP contribution in [-0.2, 0) is 12.8 Å². The zero-order valence-electron chi connectivity index (χ0n) is 10.1. The standard InChI is InChI=1S/C13H18ClNOS/c1-2-10(8-14)15-13(16)12-7-9-5-3-4-6-11(9)17-12/h7,10H,2-6,8H2,1H3,(H,15,16). The van der Waals surface area contributed by atoms with E-state index in [0.29, 0.717) is 5.88 Å². The van der Waals surface area contributed by atoms with E-state index in [4.69, 9.17) is 11.6 Å². The SMILES string of the molecule is CCC(CCl)NC(=O)c1cc2c(s1)CCCC2. The third-order valence-corrected chi connectivity index (χ3v) is 4.84. The van der Waals surface area contributed by atoms with E-state index >= 15 is 0 Å². The molecule has 2 rings (SSSR count). The van der Waals surface area contributed by atoms with Crippen LogP contribution in [-0.4, -0.2) is 17.8 Å². The number of halogens is 1. The lowest BCUT2D eigenvalue weighted by Crippen LogP contribution is -2.35. The molecular formula is C13H18ClNOS. The van der Waals surface area contributed by atoms with Gasteiger partial charge in [0.2, 0.25) is 0 Å². The second kappa shape index (κ2) is 5.87. The van der Waals surface area contributed by atoms with Crippen molar-refractivity contribution in [2.75, 3.05) is 5.88 Å². The van der Waals surface area contributed by atoms with Gasteiger partial charge in [0.05, 0.1) is 4.88 Å². The van der Waals surface area contributed by atoms with Crippen molar-refractivity contribution >= 4 is 28.8 Å². The molecule has 94 valence electrons. The molecule has 0 fully saturated rings. The largest absolute Gasteiger partial charge is 0.347 e. The Morgan fingerprint density at radius 1 is 1.53 bits per heavy atom. The molecule has 2 nitrogen and oxygen atoms in total. The normalized spacial score (nSPS) is 16.4. The zero-order valence-corrected chi connectivity index (χ0v) is 11.7. The van der Waals surface area contributed by atoms with E-state index in [-0.39, 0.29) is 11.9 Å². The van der Waals surface area contributed by atoms with Gasteiger partial charge >= 0.3 is 0 Å². The molecule has 0 radical (unpaired) electrons. The second-order valence-corrected chi connectivity index (χ2v) is 5.94. The first kappa shape index (κ1) is 12.9. The molecular weight excluding hydrogens is 254 g/mol. The molecule has 1 heterocycles. The summed E-state index contributed by atoms with van der Waals surface area (Å²) in [4.78, 5) is 14.3. The third-order valence-electron chi connectivity index (χ3n) is 3.23. The lowest BCUT2D eigenvalue weighted by atomic mass is 9.99. The lowest BCUT2D eigenvalue weighted by molar-refractivity contribution is 0.0944. The fourth-order valence-corrected chi connectivity index (χ4v) is 3.56. The topological polar surface area (TPSA) is 29.1 Å². The van der Waals surface area contributed by atoms with Crippen molar-refractivity contribution in [1.29, 1.82) is 0 Å². The minimum absolute atomic E-state index is 0.0388. The van der Waals surface area contributed by atoms with Gasteiger partial charge in [-0.05, 0) is 43.7 Å². The fraction of sp³-hybridized carbons (Fsp3) is 0.615. The van der Waals surface area contributed by atoms with Gasteiger partial charge < -0.3 is 5.32 Å². The van der Waals surface area contributed by atoms with Crippen LogP contribution in [0.3, 0.4) is 0 Å². The van der Waals surface area contributed by atoms with Crippen LogP contribution in [0.5, 0.6) is 0 Å². The number of carbonyl (C=O) groups is 1. The molecule has 1 aromatic heterocycles. The van der Waals surface area contributed by atoms with Crippen LogP contribution in [0, 0.1) is 0 Å². The molecule has 0 saturated heterocycles. The van der Waals surface area contributed by atoms with Gasteiger partial charge in [-0.25, -0.2) is 0 Å². The fourth-order valence-electron chi connectivity index (χ4n) is 2.11. The molecule has 0 aromatic carbocycles. The molecule has 1 aliphatic rings. The van der Waals surface area contributed by atoms with E-state index in [9.17, 15) is 4.79 Å². The Labute approximate surface area is 111 Å². The van der Waals surface area contributed by atoms with Crippen LogP contribution in [0.15, 0.2) is 6.07 Å². The van der Waals surface area contributed by atoms with Gasteiger partial charge in [-0.1, -0.05) is 6.92 Å². The number of hydrogen-bond donors (Lipinski definition) is 1. The maximum absolute atomic E-state index is 12.0. The molecule has 1 N–H and O–H groups in total. The van der Waals surface area contributed by atoms with Gasteiger partial charge in [-0.2, -0.15) is 0 Å². The van der Waals surface area contributed by atoms with Crippen molar-refractivity contribution in [1.82, 2.24) is 5.32 Å². The molecule has 0 bridgehead atoms. The molecule has 0 aliphatic heterocycles. The predicted molar refractivity (Wildman–Crippen MR) is 73.2 cm³/mol. The van der Waals surface area contributed by atoms with Gasteiger partial charge in [0.1, 0.15) is 0 Å². The maximum atomic E-state index is 12.0. The minimum Gasteiger partial charge on any atom is -0.347 e. The molecule has 1 atom stereocenters. The molecule has 17 heavy (non-hydrogen) atoms. The summed E-state index contributed by atoms with van der Waals surface area (Å²) in [5.41, 5.74) is 1.38. The summed E-state index contributed by atoms with van der Waals surface area (Å²) in [6.07, 6.45) is 5.66. The number of amides is 1.